The molecule has 6 nitrogen and oxygen atoms in total. The number of anilines is 1. The van der Waals surface area contributed by atoms with Gasteiger partial charge in [-0.25, -0.2) is 8.42 Å². The molecule has 3 rings (SSSR count). The molecule has 138 valence electrons. The number of halogens is 1. The monoisotopic (exact) mass is 394 g/mol. The first-order valence-electron chi connectivity index (χ1n) is 8.14. The van der Waals surface area contributed by atoms with Crippen LogP contribution in [0.15, 0.2) is 47.4 Å². The molecule has 1 fully saturated rings. The van der Waals surface area contributed by atoms with E-state index < -0.39 is 15.9 Å². The van der Waals surface area contributed by atoms with Gasteiger partial charge in [0, 0.05) is 23.8 Å². The van der Waals surface area contributed by atoms with Crippen molar-refractivity contribution in [2.24, 2.45) is 0 Å². The second-order valence-electron chi connectivity index (χ2n) is 5.88. The van der Waals surface area contributed by atoms with E-state index in [9.17, 15) is 13.2 Å². The molecule has 0 bridgehead atoms. The molecule has 0 saturated carbocycles. The van der Waals surface area contributed by atoms with Crippen molar-refractivity contribution < 1.29 is 17.9 Å². The Hall–Kier alpha value is -1.93. The molecule has 8 heteroatoms. The molecule has 0 spiro atoms. The summed E-state index contributed by atoms with van der Waals surface area (Å²) < 4.78 is 32.5. The van der Waals surface area contributed by atoms with Crippen LogP contribution in [-0.4, -0.2) is 44.9 Å². The van der Waals surface area contributed by atoms with Gasteiger partial charge in [0.25, 0.3) is 5.91 Å². The molecule has 0 unspecified atom stereocenters. The van der Waals surface area contributed by atoms with Crippen molar-refractivity contribution in [3.8, 4) is 0 Å². The fraction of sp³-hybridized carbons (Fsp3) is 0.278. The van der Waals surface area contributed by atoms with Crippen molar-refractivity contribution in [1.29, 1.82) is 0 Å². The van der Waals surface area contributed by atoms with Gasteiger partial charge in [0.15, 0.2) is 0 Å². The van der Waals surface area contributed by atoms with Crippen LogP contribution in [0.5, 0.6) is 0 Å². The van der Waals surface area contributed by atoms with Crippen LogP contribution in [0, 0.1) is 6.92 Å². The van der Waals surface area contributed by atoms with Crippen molar-refractivity contribution in [2.45, 2.75) is 11.8 Å². The molecule has 26 heavy (non-hydrogen) atoms. The van der Waals surface area contributed by atoms with Crippen LogP contribution in [0.4, 0.5) is 5.69 Å². The average molecular weight is 395 g/mol. The summed E-state index contributed by atoms with van der Waals surface area (Å²) in [4.78, 5) is 12.8. The van der Waals surface area contributed by atoms with E-state index in [2.05, 4.69) is 5.32 Å². The molecular weight excluding hydrogens is 376 g/mol. The van der Waals surface area contributed by atoms with E-state index in [0.717, 1.165) is 5.56 Å². The van der Waals surface area contributed by atoms with Gasteiger partial charge in [-0.05, 0) is 36.8 Å². The summed E-state index contributed by atoms with van der Waals surface area (Å²) in [5.41, 5.74) is 1.36. The van der Waals surface area contributed by atoms with E-state index in [1.165, 1.54) is 16.4 Å². The first-order valence-corrected chi connectivity index (χ1v) is 9.96. The molecule has 0 aromatic heterocycles. The molecule has 2 aromatic carbocycles. The van der Waals surface area contributed by atoms with Gasteiger partial charge in [-0.3, -0.25) is 4.79 Å². The lowest BCUT2D eigenvalue weighted by atomic mass is 10.1. The molecule has 0 radical (unpaired) electrons. The van der Waals surface area contributed by atoms with Gasteiger partial charge in [0.1, 0.15) is 0 Å². The second kappa shape index (κ2) is 7.75. The van der Waals surface area contributed by atoms with Gasteiger partial charge in [-0.1, -0.05) is 29.8 Å². The number of nitrogens with zero attached hydrogens (tertiary/aromatic N) is 1. The number of benzene rings is 2. The van der Waals surface area contributed by atoms with Crippen molar-refractivity contribution in [3.63, 3.8) is 0 Å². The number of rotatable bonds is 4. The number of hydrogen-bond donors (Lipinski definition) is 1. The van der Waals surface area contributed by atoms with Crippen LogP contribution >= 0.6 is 11.6 Å². The molecule has 1 heterocycles. The number of amides is 1. The molecule has 1 aliphatic rings. The van der Waals surface area contributed by atoms with Crippen LogP contribution in [0.2, 0.25) is 5.02 Å². The van der Waals surface area contributed by atoms with Crippen molar-refractivity contribution in [1.82, 2.24) is 4.31 Å². The Morgan fingerprint density at radius 1 is 1.12 bits per heavy atom. The summed E-state index contributed by atoms with van der Waals surface area (Å²) in [6.45, 7) is 3.01. The summed E-state index contributed by atoms with van der Waals surface area (Å²) in [5.74, 6) is -0.497. The highest BCUT2D eigenvalue weighted by atomic mass is 35.5. The smallest absolute Gasteiger partial charge is 0.257 e. The lowest BCUT2D eigenvalue weighted by molar-refractivity contribution is 0.0730. The molecule has 1 amide bonds. The Morgan fingerprint density at radius 3 is 2.54 bits per heavy atom. The molecule has 1 aliphatic heterocycles. The lowest BCUT2D eigenvalue weighted by Gasteiger charge is -2.26. The third-order valence-electron chi connectivity index (χ3n) is 4.24. The highest BCUT2D eigenvalue weighted by Crippen LogP contribution is 2.26. The van der Waals surface area contributed by atoms with E-state index in [4.69, 9.17) is 16.3 Å². The highest BCUT2D eigenvalue weighted by Gasteiger charge is 2.30. The molecule has 0 atom stereocenters. The molecule has 0 aliphatic carbocycles. The maximum absolute atomic E-state index is 13.0. The number of morpholine rings is 1. The molecule has 1 saturated heterocycles. The number of carbonyl (C=O) groups excluding carboxylic acids is 1. The van der Waals surface area contributed by atoms with Crippen LogP contribution < -0.4 is 5.32 Å². The zero-order valence-corrected chi connectivity index (χ0v) is 15.8. The average Bonchev–Trinajstić information content (AvgIpc) is 2.66. The predicted octanol–water partition coefficient (Wildman–Crippen LogP) is 2.92. The largest absolute Gasteiger partial charge is 0.379 e. The Bertz CT molecular complexity index is 925. The first kappa shape index (κ1) is 18.8. The summed E-state index contributed by atoms with van der Waals surface area (Å²) >= 11 is 6.08. The summed E-state index contributed by atoms with van der Waals surface area (Å²) in [5, 5.41) is 3.28. The minimum atomic E-state index is -3.78. The fourth-order valence-corrected chi connectivity index (χ4v) is 4.51. The maximum Gasteiger partial charge on any atom is 0.257 e. The van der Waals surface area contributed by atoms with E-state index >= 15 is 0 Å². The summed E-state index contributed by atoms with van der Waals surface area (Å²) in [7, 11) is -3.78. The number of hydrogen-bond acceptors (Lipinski definition) is 4. The molecular formula is C18H19ClN2O4S. The van der Waals surface area contributed by atoms with Crippen LogP contribution in [-0.2, 0) is 14.8 Å². The number of nitrogens with one attached hydrogen (secondary N) is 1. The quantitative estimate of drug-likeness (QED) is 0.865. The summed E-state index contributed by atoms with van der Waals surface area (Å²) in [6, 6.07) is 11.4. The van der Waals surface area contributed by atoms with Crippen LogP contribution in [0.1, 0.15) is 15.9 Å². The van der Waals surface area contributed by atoms with Crippen LogP contribution in [0.25, 0.3) is 0 Å². The number of carbonyl (C=O) groups is 1. The number of ether oxygens (including phenoxy) is 1. The van der Waals surface area contributed by atoms with Crippen molar-refractivity contribution in [3.05, 3.63) is 58.6 Å². The first-order chi connectivity index (χ1) is 12.4. The minimum absolute atomic E-state index is 0.0147. The van der Waals surface area contributed by atoms with Crippen LogP contribution in [0.3, 0.4) is 0 Å². The van der Waals surface area contributed by atoms with Gasteiger partial charge < -0.3 is 10.1 Å². The van der Waals surface area contributed by atoms with E-state index in [-0.39, 0.29) is 23.5 Å². The van der Waals surface area contributed by atoms with E-state index in [0.29, 0.717) is 23.9 Å². The maximum atomic E-state index is 13.0. The van der Waals surface area contributed by atoms with Gasteiger partial charge in [0.2, 0.25) is 10.0 Å². The zero-order chi connectivity index (χ0) is 18.7. The SMILES string of the molecule is Cc1c(Cl)cccc1NC(=O)c1ccccc1S(=O)(=O)N1CCOCC1. The standard InChI is InChI=1S/C18H19ClN2O4S/c1-13-15(19)6-4-7-16(13)20-18(22)14-5-2-3-8-17(14)26(23,24)21-9-11-25-12-10-21/h2-8H,9-12H2,1H3,(H,20,22). The van der Waals surface area contributed by atoms with Gasteiger partial charge in [0.05, 0.1) is 23.7 Å². The normalized spacial score (nSPS) is 15.6. The predicted molar refractivity (Wildman–Crippen MR) is 100 cm³/mol. The van der Waals surface area contributed by atoms with Gasteiger partial charge in [-0.2, -0.15) is 4.31 Å². The van der Waals surface area contributed by atoms with Crippen molar-refractivity contribution >= 4 is 33.2 Å². The molecule has 2 aromatic rings. The molecule has 1 N–H and O–H groups in total. The van der Waals surface area contributed by atoms with E-state index in [1.54, 1.807) is 37.3 Å². The van der Waals surface area contributed by atoms with Gasteiger partial charge in [-0.15, -0.1) is 0 Å². The van der Waals surface area contributed by atoms with E-state index in [1.807, 2.05) is 0 Å². The topological polar surface area (TPSA) is 75.7 Å². The highest BCUT2D eigenvalue weighted by molar-refractivity contribution is 7.89. The Labute approximate surface area is 157 Å². The minimum Gasteiger partial charge on any atom is -0.379 e. The fourth-order valence-electron chi connectivity index (χ4n) is 2.74. The zero-order valence-electron chi connectivity index (χ0n) is 14.2. The van der Waals surface area contributed by atoms with Gasteiger partial charge >= 0.3 is 0 Å². The Kier molecular flexibility index (Phi) is 5.62. The van der Waals surface area contributed by atoms with Crippen molar-refractivity contribution in [2.75, 3.05) is 31.6 Å². The third kappa shape index (κ3) is 3.76. The third-order valence-corrected chi connectivity index (χ3v) is 6.60. The second-order valence-corrected chi connectivity index (χ2v) is 8.19. The summed E-state index contributed by atoms with van der Waals surface area (Å²) in [6.07, 6.45) is 0. The Morgan fingerprint density at radius 2 is 1.81 bits per heavy atom. The lowest BCUT2D eigenvalue weighted by Crippen LogP contribution is -2.41. The number of sulfonamides is 1. The Balaban J connectivity index is 1.94.